The lowest BCUT2D eigenvalue weighted by Crippen LogP contribution is -2.06. The van der Waals surface area contributed by atoms with E-state index in [0.717, 1.165) is 34.8 Å². The highest BCUT2D eigenvalue weighted by molar-refractivity contribution is 7.15. The molecule has 4 nitrogen and oxygen atoms in total. The summed E-state index contributed by atoms with van der Waals surface area (Å²) in [5.74, 6) is 0.647. The van der Waals surface area contributed by atoms with Crippen molar-refractivity contribution >= 4 is 11.3 Å². The Morgan fingerprint density at radius 3 is 2.88 bits per heavy atom. The number of aryl methyl sites for hydroxylation is 1. The molecule has 0 aromatic carbocycles. The Kier molecular flexibility index (Phi) is 2.41. The molecule has 0 spiro atoms. The van der Waals surface area contributed by atoms with E-state index < -0.39 is 0 Å². The van der Waals surface area contributed by atoms with E-state index in [1.807, 2.05) is 0 Å². The molecule has 2 aromatic heterocycles. The molecule has 0 radical (unpaired) electrons. The van der Waals surface area contributed by atoms with E-state index in [1.54, 1.807) is 18.5 Å². The molecule has 0 saturated heterocycles. The number of rotatable bonds is 1. The fourth-order valence-electron chi connectivity index (χ4n) is 1.90. The van der Waals surface area contributed by atoms with Crippen LogP contribution in [-0.2, 0) is 6.42 Å². The van der Waals surface area contributed by atoms with Crippen LogP contribution in [0.25, 0.3) is 10.8 Å². The molecule has 1 aliphatic rings. The second-order valence-electron chi connectivity index (χ2n) is 3.81. The molecule has 1 atom stereocenters. The van der Waals surface area contributed by atoms with Gasteiger partial charge in [0, 0.05) is 12.4 Å². The summed E-state index contributed by atoms with van der Waals surface area (Å²) in [5, 5.41) is 10.7. The summed E-state index contributed by atoms with van der Waals surface area (Å²) in [4.78, 5) is 13.8. The Labute approximate surface area is 97.0 Å². The van der Waals surface area contributed by atoms with Gasteiger partial charge in [0.25, 0.3) is 0 Å². The zero-order chi connectivity index (χ0) is 11.0. The molecule has 0 fully saturated rings. The topological polar surface area (TPSA) is 58.9 Å². The average molecular weight is 233 g/mol. The number of hydrogen-bond acceptors (Lipinski definition) is 5. The van der Waals surface area contributed by atoms with Crippen LogP contribution in [0.15, 0.2) is 18.5 Å². The number of aliphatic hydroxyl groups excluding tert-OH is 1. The Bertz CT molecular complexity index is 497. The van der Waals surface area contributed by atoms with Gasteiger partial charge in [-0.05, 0) is 25.3 Å². The molecule has 3 rings (SSSR count). The number of thiazole rings is 1. The predicted octanol–water partition coefficient (Wildman–Crippen LogP) is 1.97. The summed E-state index contributed by atoms with van der Waals surface area (Å²) < 4.78 is 0. The van der Waals surface area contributed by atoms with Crippen molar-refractivity contribution in [1.82, 2.24) is 15.0 Å². The van der Waals surface area contributed by atoms with E-state index in [9.17, 15) is 5.11 Å². The molecule has 2 heterocycles. The summed E-state index contributed by atoms with van der Waals surface area (Å²) in [7, 11) is 0. The minimum atomic E-state index is -0.348. The number of aromatic nitrogens is 3. The maximum Gasteiger partial charge on any atom is 0.188 e. The summed E-state index contributed by atoms with van der Waals surface area (Å²) in [6.07, 6.45) is 5.87. The predicted molar refractivity (Wildman–Crippen MR) is 61.0 cm³/mol. The van der Waals surface area contributed by atoms with E-state index in [4.69, 9.17) is 0 Å². The number of aliphatic hydroxyl groups is 1. The molecular formula is C11H11N3OS. The highest BCUT2D eigenvalue weighted by atomic mass is 32.1. The van der Waals surface area contributed by atoms with Crippen LogP contribution in [0.1, 0.15) is 29.5 Å². The first kappa shape index (κ1) is 9.86. The fourth-order valence-corrected chi connectivity index (χ4v) is 2.98. The van der Waals surface area contributed by atoms with Gasteiger partial charge in [-0.1, -0.05) is 0 Å². The van der Waals surface area contributed by atoms with Crippen molar-refractivity contribution in [3.05, 3.63) is 29.0 Å². The van der Waals surface area contributed by atoms with Crippen molar-refractivity contribution in [3.63, 3.8) is 0 Å². The number of hydrogen-bond donors (Lipinski definition) is 1. The molecular weight excluding hydrogens is 222 g/mol. The van der Waals surface area contributed by atoms with Crippen LogP contribution in [0.4, 0.5) is 0 Å². The molecule has 2 aromatic rings. The lowest BCUT2D eigenvalue weighted by atomic mass is 10.0. The van der Waals surface area contributed by atoms with Crippen molar-refractivity contribution < 1.29 is 5.11 Å². The second kappa shape index (κ2) is 3.92. The third-order valence-electron chi connectivity index (χ3n) is 2.68. The molecule has 5 heteroatoms. The Hall–Kier alpha value is -1.33. The van der Waals surface area contributed by atoms with Crippen molar-refractivity contribution in [2.24, 2.45) is 0 Å². The molecule has 1 aliphatic carbocycles. The quantitative estimate of drug-likeness (QED) is 0.818. The summed E-state index contributed by atoms with van der Waals surface area (Å²) in [6, 6.07) is 1.78. The van der Waals surface area contributed by atoms with Crippen molar-refractivity contribution in [1.29, 1.82) is 0 Å². The van der Waals surface area contributed by atoms with Crippen molar-refractivity contribution in [2.45, 2.75) is 25.4 Å². The van der Waals surface area contributed by atoms with E-state index in [1.165, 1.54) is 11.3 Å². The van der Waals surface area contributed by atoms with Gasteiger partial charge >= 0.3 is 0 Å². The van der Waals surface area contributed by atoms with E-state index in [2.05, 4.69) is 15.0 Å². The molecule has 1 N–H and O–H groups in total. The normalized spacial score (nSPS) is 19.4. The first-order chi connectivity index (χ1) is 7.84. The third kappa shape index (κ3) is 1.62. The van der Waals surface area contributed by atoms with E-state index in [0.29, 0.717) is 5.82 Å². The first-order valence-electron chi connectivity index (χ1n) is 5.29. The number of nitrogens with zero attached hydrogens (tertiary/aromatic N) is 3. The van der Waals surface area contributed by atoms with Gasteiger partial charge in [-0.2, -0.15) is 0 Å². The fraction of sp³-hybridized carbons (Fsp3) is 0.364. The van der Waals surface area contributed by atoms with E-state index >= 15 is 0 Å². The van der Waals surface area contributed by atoms with Gasteiger partial charge in [0.1, 0.15) is 0 Å². The van der Waals surface area contributed by atoms with Gasteiger partial charge in [-0.25, -0.2) is 15.0 Å². The second-order valence-corrected chi connectivity index (χ2v) is 4.84. The minimum Gasteiger partial charge on any atom is -0.388 e. The van der Waals surface area contributed by atoms with Crippen LogP contribution in [-0.4, -0.2) is 20.1 Å². The van der Waals surface area contributed by atoms with Crippen LogP contribution in [0.2, 0.25) is 0 Å². The zero-order valence-electron chi connectivity index (χ0n) is 8.63. The average Bonchev–Trinajstić information content (AvgIpc) is 2.76. The molecule has 0 saturated carbocycles. The lowest BCUT2D eigenvalue weighted by molar-refractivity contribution is 0.160. The Morgan fingerprint density at radius 1 is 1.31 bits per heavy atom. The summed E-state index contributed by atoms with van der Waals surface area (Å²) >= 11 is 1.51. The van der Waals surface area contributed by atoms with Gasteiger partial charge in [0.15, 0.2) is 10.8 Å². The van der Waals surface area contributed by atoms with Crippen LogP contribution in [0, 0.1) is 0 Å². The first-order valence-corrected chi connectivity index (χ1v) is 6.11. The van der Waals surface area contributed by atoms with Crippen molar-refractivity contribution in [2.75, 3.05) is 0 Å². The zero-order valence-corrected chi connectivity index (χ0v) is 9.44. The van der Waals surface area contributed by atoms with Crippen molar-refractivity contribution in [3.8, 4) is 10.8 Å². The highest BCUT2D eigenvalue weighted by Gasteiger charge is 2.23. The summed E-state index contributed by atoms with van der Waals surface area (Å²) in [5.41, 5.74) is 1.02. The highest BCUT2D eigenvalue weighted by Crippen LogP contribution is 2.36. The van der Waals surface area contributed by atoms with Gasteiger partial charge in [0.05, 0.1) is 16.7 Å². The largest absolute Gasteiger partial charge is 0.388 e. The molecule has 82 valence electrons. The van der Waals surface area contributed by atoms with Crippen LogP contribution in [0.3, 0.4) is 0 Å². The Balaban J connectivity index is 2.05. The van der Waals surface area contributed by atoms with Gasteiger partial charge in [-0.15, -0.1) is 11.3 Å². The number of fused-ring (bicyclic) bond motifs is 1. The van der Waals surface area contributed by atoms with Gasteiger partial charge in [0.2, 0.25) is 0 Å². The molecule has 0 aliphatic heterocycles. The smallest absolute Gasteiger partial charge is 0.188 e. The molecule has 0 bridgehead atoms. The van der Waals surface area contributed by atoms with Crippen LogP contribution >= 0.6 is 11.3 Å². The third-order valence-corrected chi connectivity index (χ3v) is 3.87. The molecule has 16 heavy (non-hydrogen) atoms. The minimum absolute atomic E-state index is 0.348. The van der Waals surface area contributed by atoms with Crippen LogP contribution < -0.4 is 0 Å². The van der Waals surface area contributed by atoms with Gasteiger partial charge < -0.3 is 5.11 Å². The maximum atomic E-state index is 9.85. The summed E-state index contributed by atoms with van der Waals surface area (Å²) in [6.45, 7) is 0. The molecule has 0 amide bonds. The van der Waals surface area contributed by atoms with E-state index in [-0.39, 0.29) is 6.10 Å². The van der Waals surface area contributed by atoms with Crippen LogP contribution in [0.5, 0.6) is 0 Å². The standard InChI is InChI=1S/C11H11N3OS/c15-8-4-1-3-7-9(8)16-11(14-7)10-12-5-2-6-13-10/h2,5-6,8,15H,1,3-4H2. The molecule has 1 unspecified atom stereocenters. The monoisotopic (exact) mass is 233 g/mol. The van der Waals surface area contributed by atoms with Gasteiger partial charge in [-0.3, -0.25) is 0 Å². The lowest BCUT2D eigenvalue weighted by Gasteiger charge is -2.14. The Morgan fingerprint density at radius 2 is 2.12 bits per heavy atom. The SMILES string of the molecule is OC1CCCc2nc(-c3ncccn3)sc21. The maximum absolute atomic E-state index is 9.85.